The molecule has 0 aliphatic carbocycles. The largest absolute Gasteiger partial charge is 0.366 e. The van der Waals surface area contributed by atoms with Gasteiger partial charge in [0, 0.05) is 37.3 Å². The molecule has 1 aliphatic rings. The van der Waals surface area contributed by atoms with E-state index in [1.165, 1.54) is 22.7 Å². The van der Waals surface area contributed by atoms with Gasteiger partial charge in [0.05, 0.1) is 16.6 Å². The Kier molecular flexibility index (Phi) is 5.21. The summed E-state index contributed by atoms with van der Waals surface area (Å²) in [6.07, 6.45) is 0. The number of hydrogen-bond donors (Lipinski definition) is 1. The Balaban J connectivity index is 1.32. The molecular formula is C26H20F2N6O2. The van der Waals surface area contributed by atoms with Crippen molar-refractivity contribution in [2.45, 2.75) is 0 Å². The van der Waals surface area contributed by atoms with Gasteiger partial charge in [-0.15, -0.1) is 0 Å². The number of amides is 1. The van der Waals surface area contributed by atoms with Crippen LogP contribution in [0.4, 0.5) is 14.5 Å². The first-order chi connectivity index (χ1) is 17.5. The van der Waals surface area contributed by atoms with Gasteiger partial charge in [-0.2, -0.15) is 10.1 Å². The zero-order valence-electron chi connectivity index (χ0n) is 19.0. The first-order valence-corrected chi connectivity index (χ1v) is 11.5. The lowest BCUT2D eigenvalue weighted by molar-refractivity contribution is 0.0747. The fourth-order valence-corrected chi connectivity index (χ4v) is 4.63. The van der Waals surface area contributed by atoms with Gasteiger partial charge in [-0.25, -0.2) is 18.5 Å². The Morgan fingerprint density at radius 3 is 2.50 bits per heavy atom. The third-order valence-corrected chi connectivity index (χ3v) is 6.47. The maximum Gasteiger partial charge on any atom is 0.281 e. The van der Waals surface area contributed by atoms with Crippen LogP contribution in [-0.2, 0) is 0 Å². The molecule has 3 heterocycles. The van der Waals surface area contributed by atoms with Gasteiger partial charge in [0.15, 0.2) is 5.65 Å². The van der Waals surface area contributed by atoms with Crippen molar-refractivity contribution in [3.05, 3.63) is 94.3 Å². The predicted octanol–water partition coefficient (Wildman–Crippen LogP) is 3.48. The number of para-hydroxylation sites is 1. The van der Waals surface area contributed by atoms with E-state index in [0.29, 0.717) is 59.6 Å². The highest BCUT2D eigenvalue weighted by molar-refractivity contribution is 5.98. The molecule has 0 radical (unpaired) electrons. The lowest BCUT2D eigenvalue weighted by Gasteiger charge is -2.36. The number of halogens is 2. The highest BCUT2D eigenvalue weighted by Gasteiger charge is 2.24. The molecule has 0 atom stereocenters. The summed E-state index contributed by atoms with van der Waals surface area (Å²) in [6.45, 7) is 1.88. The van der Waals surface area contributed by atoms with Crippen LogP contribution in [0.1, 0.15) is 10.4 Å². The highest BCUT2D eigenvalue weighted by atomic mass is 19.1. The number of aromatic nitrogens is 4. The van der Waals surface area contributed by atoms with Crippen LogP contribution in [0.5, 0.6) is 0 Å². The molecular weight excluding hydrogens is 466 g/mol. The quantitative estimate of drug-likeness (QED) is 0.422. The Labute approximate surface area is 203 Å². The topological polar surface area (TPSA) is 86.6 Å². The van der Waals surface area contributed by atoms with E-state index < -0.39 is 11.4 Å². The minimum atomic E-state index is -0.471. The smallest absolute Gasteiger partial charge is 0.281 e. The summed E-state index contributed by atoms with van der Waals surface area (Å²) in [4.78, 5) is 33.8. The van der Waals surface area contributed by atoms with Crippen LogP contribution in [0.2, 0.25) is 0 Å². The van der Waals surface area contributed by atoms with Crippen LogP contribution in [0.3, 0.4) is 0 Å². The van der Waals surface area contributed by atoms with Crippen molar-refractivity contribution in [3.63, 3.8) is 0 Å². The fourth-order valence-electron chi connectivity index (χ4n) is 4.63. The predicted molar refractivity (Wildman–Crippen MR) is 131 cm³/mol. The first-order valence-electron chi connectivity index (χ1n) is 11.5. The van der Waals surface area contributed by atoms with Gasteiger partial charge >= 0.3 is 0 Å². The number of fused-ring (bicyclic) bond motifs is 3. The zero-order valence-corrected chi connectivity index (χ0v) is 19.0. The second kappa shape index (κ2) is 8.56. The summed E-state index contributed by atoms with van der Waals surface area (Å²) in [7, 11) is 0. The van der Waals surface area contributed by atoms with Crippen LogP contribution in [-0.4, -0.2) is 56.8 Å². The standard InChI is InChI=1S/C26H20F2N6O2/c27-18-5-3-4-16(14-18)23-24-29-25(35)19-9-8-17(15-22(19)34(24)31-30-23)26(36)33-12-10-32(11-13-33)21-7-2-1-6-20(21)28/h1-9,14-15,31H,10-13H2. The molecule has 3 aromatic carbocycles. The number of carbonyl (C=O) groups is 1. The van der Waals surface area contributed by atoms with Crippen LogP contribution >= 0.6 is 0 Å². The lowest BCUT2D eigenvalue weighted by Crippen LogP contribution is -2.49. The molecule has 2 aromatic heterocycles. The summed E-state index contributed by atoms with van der Waals surface area (Å²) in [5, 5.41) is 7.39. The average molecular weight is 486 g/mol. The molecule has 1 fully saturated rings. The summed E-state index contributed by atoms with van der Waals surface area (Å²) in [6, 6.07) is 17.3. The van der Waals surface area contributed by atoms with E-state index >= 15 is 0 Å². The fraction of sp³-hybridized carbons (Fsp3) is 0.154. The van der Waals surface area contributed by atoms with Gasteiger partial charge in [0.25, 0.3) is 11.5 Å². The lowest BCUT2D eigenvalue weighted by atomic mass is 10.1. The van der Waals surface area contributed by atoms with E-state index in [0.717, 1.165) is 0 Å². The van der Waals surface area contributed by atoms with Crippen LogP contribution in [0.25, 0.3) is 27.8 Å². The van der Waals surface area contributed by atoms with Crippen molar-refractivity contribution >= 4 is 28.1 Å². The van der Waals surface area contributed by atoms with Crippen LogP contribution in [0.15, 0.2) is 71.5 Å². The zero-order chi connectivity index (χ0) is 24.8. The van der Waals surface area contributed by atoms with Gasteiger partial charge in [0.2, 0.25) is 0 Å². The molecule has 10 heteroatoms. The molecule has 0 spiro atoms. The number of piperazine rings is 1. The van der Waals surface area contributed by atoms with Gasteiger partial charge in [-0.05, 0) is 42.5 Å². The number of nitrogens with one attached hydrogen (secondary N) is 1. The van der Waals surface area contributed by atoms with E-state index in [1.54, 1.807) is 53.4 Å². The van der Waals surface area contributed by atoms with Crippen molar-refractivity contribution in [2.24, 2.45) is 0 Å². The van der Waals surface area contributed by atoms with E-state index in [9.17, 15) is 18.4 Å². The average Bonchev–Trinajstić information content (AvgIpc) is 3.32. The van der Waals surface area contributed by atoms with Crippen molar-refractivity contribution in [1.82, 2.24) is 24.7 Å². The Morgan fingerprint density at radius 1 is 0.917 bits per heavy atom. The number of nitrogens with zero attached hydrogens (tertiary/aromatic N) is 5. The molecule has 8 nitrogen and oxygen atoms in total. The van der Waals surface area contributed by atoms with Crippen LogP contribution < -0.4 is 10.5 Å². The van der Waals surface area contributed by atoms with E-state index in [1.807, 2.05) is 4.90 Å². The number of carbonyl (C=O) groups excluding carboxylic acids is 1. The highest BCUT2D eigenvalue weighted by Crippen LogP contribution is 2.24. The maximum atomic E-state index is 14.2. The molecule has 0 unspecified atom stereocenters. The minimum absolute atomic E-state index is 0.187. The summed E-state index contributed by atoms with van der Waals surface area (Å²) in [5.41, 5.74) is 1.94. The maximum absolute atomic E-state index is 14.2. The number of rotatable bonds is 3. The third-order valence-electron chi connectivity index (χ3n) is 6.47. The monoisotopic (exact) mass is 486 g/mol. The van der Waals surface area contributed by atoms with E-state index in [2.05, 4.69) is 15.3 Å². The number of benzene rings is 3. The van der Waals surface area contributed by atoms with Gasteiger partial charge in [-0.3, -0.25) is 9.59 Å². The second-order valence-corrected chi connectivity index (χ2v) is 8.61. The van der Waals surface area contributed by atoms with Gasteiger partial charge in [-0.1, -0.05) is 24.3 Å². The summed E-state index contributed by atoms with van der Waals surface area (Å²) < 4.78 is 29.4. The first kappa shape index (κ1) is 21.9. The number of H-pyrrole nitrogens is 1. The molecule has 1 N–H and O–H groups in total. The molecule has 1 saturated heterocycles. The van der Waals surface area contributed by atoms with Crippen molar-refractivity contribution in [2.75, 3.05) is 31.1 Å². The Morgan fingerprint density at radius 2 is 1.72 bits per heavy atom. The van der Waals surface area contributed by atoms with Crippen molar-refractivity contribution in [3.8, 4) is 11.3 Å². The molecule has 5 aromatic rings. The number of anilines is 1. The van der Waals surface area contributed by atoms with Gasteiger partial charge < -0.3 is 9.80 Å². The Bertz CT molecular complexity index is 1690. The molecule has 1 amide bonds. The van der Waals surface area contributed by atoms with E-state index in [4.69, 9.17) is 0 Å². The van der Waals surface area contributed by atoms with Crippen molar-refractivity contribution < 1.29 is 13.6 Å². The minimum Gasteiger partial charge on any atom is -0.366 e. The molecule has 0 bridgehead atoms. The molecule has 6 rings (SSSR count). The molecule has 0 saturated carbocycles. The van der Waals surface area contributed by atoms with E-state index in [-0.39, 0.29) is 17.4 Å². The Hall–Kier alpha value is -4.60. The van der Waals surface area contributed by atoms with Gasteiger partial charge in [0.1, 0.15) is 17.3 Å². The summed E-state index contributed by atoms with van der Waals surface area (Å²) >= 11 is 0. The normalized spacial score (nSPS) is 14.1. The second-order valence-electron chi connectivity index (χ2n) is 8.61. The number of hydrogen-bond acceptors (Lipinski definition) is 5. The molecule has 36 heavy (non-hydrogen) atoms. The molecule has 1 aliphatic heterocycles. The summed E-state index contributed by atoms with van der Waals surface area (Å²) in [5.74, 6) is -0.903. The SMILES string of the molecule is O=C(c1ccc2c(=O)nc3c(-c4cccc(F)c4)n[nH]n3c2c1)N1CCN(c2ccccc2F)CC1. The number of aromatic amines is 1. The van der Waals surface area contributed by atoms with Crippen LogP contribution in [0, 0.1) is 11.6 Å². The van der Waals surface area contributed by atoms with Crippen molar-refractivity contribution in [1.29, 1.82) is 0 Å². The third kappa shape index (κ3) is 3.67. The molecule has 180 valence electrons.